The van der Waals surface area contributed by atoms with Gasteiger partial charge in [0.2, 0.25) is 0 Å². The lowest BCUT2D eigenvalue weighted by atomic mass is 9.93. The van der Waals surface area contributed by atoms with Crippen molar-refractivity contribution in [3.63, 3.8) is 0 Å². The second-order valence-electron chi connectivity index (χ2n) is 4.39. The highest BCUT2D eigenvalue weighted by atomic mass is 16.5. The molecule has 0 aromatic rings. The van der Waals surface area contributed by atoms with Crippen LogP contribution in [0.1, 0.15) is 51.9 Å². The molecule has 1 saturated carbocycles. The first-order chi connectivity index (χ1) is 7.24. The topological polar surface area (TPSA) is 26.3 Å². The molecule has 15 heavy (non-hydrogen) atoms. The molecule has 1 aliphatic carbocycles. The lowest BCUT2D eigenvalue weighted by Crippen LogP contribution is -2.10. The maximum absolute atomic E-state index is 11.4. The van der Waals surface area contributed by atoms with Crippen LogP contribution in [0.3, 0.4) is 0 Å². The summed E-state index contributed by atoms with van der Waals surface area (Å²) in [5.74, 6) is 0.450. The zero-order chi connectivity index (χ0) is 11.1. The normalized spacial score (nSPS) is 18.2. The Morgan fingerprint density at radius 1 is 1.27 bits per heavy atom. The van der Waals surface area contributed by atoms with Gasteiger partial charge in [0.15, 0.2) is 0 Å². The molecule has 0 amide bonds. The average molecular weight is 210 g/mol. The minimum atomic E-state index is -0.207. The Bertz CT molecular complexity index is 213. The van der Waals surface area contributed by atoms with Gasteiger partial charge in [0.25, 0.3) is 0 Å². The summed E-state index contributed by atoms with van der Waals surface area (Å²) in [6.07, 6.45) is 8.64. The summed E-state index contributed by atoms with van der Waals surface area (Å²) in [6.45, 7) is 6.10. The van der Waals surface area contributed by atoms with Gasteiger partial charge in [0.05, 0.1) is 6.61 Å². The lowest BCUT2D eigenvalue weighted by molar-refractivity contribution is -0.138. The van der Waals surface area contributed by atoms with Gasteiger partial charge in [-0.2, -0.15) is 0 Å². The van der Waals surface area contributed by atoms with E-state index in [0.717, 1.165) is 6.42 Å². The summed E-state index contributed by atoms with van der Waals surface area (Å²) in [7, 11) is 0. The van der Waals surface area contributed by atoms with E-state index < -0.39 is 0 Å². The number of hydrogen-bond acceptors (Lipinski definition) is 2. The molecular weight excluding hydrogens is 188 g/mol. The van der Waals surface area contributed by atoms with Gasteiger partial charge in [-0.05, 0) is 19.3 Å². The molecule has 0 radical (unpaired) electrons. The van der Waals surface area contributed by atoms with Crippen molar-refractivity contribution in [2.45, 2.75) is 51.9 Å². The molecule has 86 valence electrons. The van der Waals surface area contributed by atoms with Crippen molar-refractivity contribution in [1.82, 2.24) is 0 Å². The van der Waals surface area contributed by atoms with Crippen LogP contribution in [0.5, 0.6) is 0 Å². The third kappa shape index (κ3) is 4.50. The first kappa shape index (κ1) is 12.3. The molecule has 0 bridgehead atoms. The molecule has 0 aromatic heterocycles. The van der Waals surface area contributed by atoms with Gasteiger partial charge >= 0.3 is 5.97 Å². The SMILES string of the molecule is C=C(CC1CCCCCC1)C(=O)OCC. The molecule has 0 atom stereocenters. The van der Waals surface area contributed by atoms with Crippen molar-refractivity contribution < 1.29 is 9.53 Å². The molecule has 2 nitrogen and oxygen atoms in total. The van der Waals surface area contributed by atoms with Gasteiger partial charge in [-0.1, -0.05) is 45.1 Å². The van der Waals surface area contributed by atoms with Crippen LogP contribution in [-0.2, 0) is 9.53 Å². The molecule has 0 N–H and O–H groups in total. The Hall–Kier alpha value is -0.790. The Kier molecular flexibility index (Phi) is 5.44. The van der Waals surface area contributed by atoms with Crippen molar-refractivity contribution in [1.29, 1.82) is 0 Å². The third-order valence-electron chi connectivity index (χ3n) is 3.07. The largest absolute Gasteiger partial charge is 0.463 e. The second-order valence-corrected chi connectivity index (χ2v) is 4.39. The highest BCUT2D eigenvalue weighted by Crippen LogP contribution is 2.27. The smallest absolute Gasteiger partial charge is 0.333 e. The second kappa shape index (κ2) is 6.65. The first-order valence-electron chi connectivity index (χ1n) is 6.09. The molecule has 2 heteroatoms. The van der Waals surface area contributed by atoms with Crippen molar-refractivity contribution in [2.24, 2.45) is 5.92 Å². The monoisotopic (exact) mass is 210 g/mol. The number of ether oxygens (including phenoxy) is 1. The van der Waals surface area contributed by atoms with Gasteiger partial charge in [0, 0.05) is 5.57 Å². The Labute approximate surface area is 92.7 Å². The maximum Gasteiger partial charge on any atom is 0.333 e. The highest BCUT2D eigenvalue weighted by Gasteiger charge is 2.17. The predicted molar refractivity (Wildman–Crippen MR) is 61.6 cm³/mol. The molecule has 0 aliphatic heterocycles. The van der Waals surface area contributed by atoms with Gasteiger partial charge < -0.3 is 4.74 Å². The fraction of sp³-hybridized carbons (Fsp3) is 0.769. The summed E-state index contributed by atoms with van der Waals surface area (Å²) in [4.78, 5) is 11.4. The average Bonchev–Trinajstić information content (AvgIpc) is 2.46. The summed E-state index contributed by atoms with van der Waals surface area (Å²) in [6, 6.07) is 0. The Morgan fingerprint density at radius 2 is 1.87 bits per heavy atom. The van der Waals surface area contributed by atoms with Gasteiger partial charge in [-0.15, -0.1) is 0 Å². The minimum Gasteiger partial charge on any atom is -0.463 e. The fourth-order valence-electron chi connectivity index (χ4n) is 2.23. The van der Waals surface area contributed by atoms with E-state index in [4.69, 9.17) is 4.74 Å². The number of carbonyl (C=O) groups is 1. The predicted octanol–water partition coefficient (Wildman–Crippen LogP) is 3.47. The van der Waals surface area contributed by atoms with E-state index in [1.807, 2.05) is 6.92 Å². The van der Waals surface area contributed by atoms with Crippen molar-refractivity contribution in [2.75, 3.05) is 6.61 Å². The van der Waals surface area contributed by atoms with Crippen LogP contribution < -0.4 is 0 Å². The van der Waals surface area contributed by atoms with Crippen LogP contribution >= 0.6 is 0 Å². The fourth-order valence-corrected chi connectivity index (χ4v) is 2.23. The molecule has 0 heterocycles. The molecule has 1 rings (SSSR count). The third-order valence-corrected chi connectivity index (χ3v) is 3.07. The van der Waals surface area contributed by atoms with E-state index >= 15 is 0 Å². The summed E-state index contributed by atoms with van der Waals surface area (Å²) < 4.78 is 4.94. The van der Waals surface area contributed by atoms with E-state index in [2.05, 4.69) is 6.58 Å². The first-order valence-corrected chi connectivity index (χ1v) is 6.09. The highest BCUT2D eigenvalue weighted by molar-refractivity contribution is 5.87. The van der Waals surface area contributed by atoms with E-state index in [-0.39, 0.29) is 5.97 Å². The van der Waals surface area contributed by atoms with Crippen LogP contribution in [0, 0.1) is 5.92 Å². The van der Waals surface area contributed by atoms with Crippen LogP contribution in [0.2, 0.25) is 0 Å². The molecule has 1 aliphatic rings. The zero-order valence-electron chi connectivity index (χ0n) is 9.76. The van der Waals surface area contributed by atoms with Crippen LogP contribution in [0.25, 0.3) is 0 Å². The molecule has 0 unspecified atom stereocenters. The zero-order valence-corrected chi connectivity index (χ0v) is 9.76. The molecule has 0 saturated heterocycles. The quantitative estimate of drug-likeness (QED) is 0.403. The van der Waals surface area contributed by atoms with Gasteiger partial charge in [-0.3, -0.25) is 0 Å². The molecule has 0 aromatic carbocycles. The summed E-state index contributed by atoms with van der Waals surface area (Å²) in [5, 5.41) is 0. The van der Waals surface area contributed by atoms with Crippen LogP contribution in [-0.4, -0.2) is 12.6 Å². The van der Waals surface area contributed by atoms with Crippen LogP contribution in [0.4, 0.5) is 0 Å². The number of hydrogen-bond donors (Lipinski definition) is 0. The Morgan fingerprint density at radius 3 is 2.40 bits per heavy atom. The lowest BCUT2D eigenvalue weighted by Gasteiger charge is -2.14. The maximum atomic E-state index is 11.4. The van der Waals surface area contributed by atoms with Crippen molar-refractivity contribution in [3.8, 4) is 0 Å². The minimum absolute atomic E-state index is 0.207. The number of rotatable bonds is 4. The molecular formula is C13H22O2. The van der Waals surface area contributed by atoms with Crippen molar-refractivity contribution >= 4 is 5.97 Å². The van der Waals surface area contributed by atoms with Gasteiger partial charge in [0.1, 0.15) is 0 Å². The van der Waals surface area contributed by atoms with E-state index in [0.29, 0.717) is 18.1 Å². The van der Waals surface area contributed by atoms with E-state index in [9.17, 15) is 4.79 Å². The van der Waals surface area contributed by atoms with E-state index in [1.165, 1.54) is 38.5 Å². The molecule has 0 spiro atoms. The number of carbonyl (C=O) groups excluding carboxylic acids is 1. The summed E-state index contributed by atoms with van der Waals surface area (Å²) in [5.41, 5.74) is 0.656. The van der Waals surface area contributed by atoms with Crippen molar-refractivity contribution in [3.05, 3.63) is 12.2 Å². The standard InChI is InChI=1S/C13H22O2/c1-3-15-13(14)11(2)10-12-8-6-4-5-7-9-12/h12H,2-10H2,1H3. The Balaban J connectivity index is 2.32. The molecule has 1 fully saturated rings. The van der Waals surface area contributed by atoms with Crippen LogP contribution in [0.15, 0.2) is 12.2 Å². The van der Waals surface area contributed by atoms with Gasteiger partial charge in [-0.25, -0.2) is 4.79 Å². The summed E-state index contributed by atoms with van der Waals surface area (Å²) >= 11 is 0. The number of esters is 1. The van der Waals surface area contributed by atoms with E-state index in [1.54, 1.807) is 0 Å².